The number of aryl methyl sites for hydroxylation is 1. The molecule has 9 heteroatoms. The Hall–Kier alpha value is -1.71. The number of nitrogens with one attached hydrogen (secondary N) is 2. The normalized spacial score (nSPS) is 11.9. The van der Waals surface area contributed by atoms with E-state index in [0.29, 0.717) is 17.0 Å². The van der Waals surface area contributed by atoms with Gasteiger partial charge in [0.1, 0.15) is 9.77 Å². The van der Waals surface area contributed by atoms with Crippen molar-refractivity contribution in [1.29, 1.82) is 0 Å². The fourth-order valence-corrected chi connectivity index (χ4v) is 4.14. The molecular weight excluding hydrogens is 338 g/mol. The molecule has 2 N–H and O–H groups in total. The van der Waals surface area contributed by atoms with Crippen molar-refractivity contribution in [2.75, 3.05) is 7.05 Å². The summed E-state index contributed by atoms with van der Waals surface area (Å²) >= 11 is 1.11. The van der Waals surface area contributed by atoms with E-state index in [9.17, 15) is 13.2 Å². The summed E-state index contributed by atoms with van der Waals surface area (Å²) in [6.07, 6.45) is 0. The average Bonchev–Trinajstić information content (AvgIpc) is 3.11. The smallest absolute Gasteiger partial charge is 0.257 e. The molecule has 1 amide bonds. The van der Waals surface area contributed by atoms with Crippen LogP contribution in [0.5, 0.6) is 0 Å². The summed E-state index contributed by atoms with van der Waals surface area (Å²) in [6, 6.07) is 3.20. The quantitative estimate of drug-likeness (QED) is 0.823. The Morgan fingerprint density at radius 1 is 1.39 bits per heavy atom. The van der Waals surface area contributed by atoms with Crippen LogP contribution < -0.4 is 10.0 Å². The maximum Gasteiger partial charge on any atom is 0.257 e. The predicted octanol–water partition coefficient (Wildman–Crippen LogP) is 2.01. The second kappa shape index (κ2) is 6.81. The summed E-state index contributed by atoms with van der Waals surface area (Å²) in [5.74, 6) is 0.314. The molecule has 0 radical (unpaired) electrons. The van der Waals surface area contributed by atoms with Gasteiger partial charge in [-0.25, -0.2) is 13.1 Å². The van der Waals surface area contributed by atoms with Gasteiger partial charge in [0, 0.05) is 10.8 Å². The van der Waals surface area contributed by atoms with Gasteiger partial charge in [0.2, 0.25) is 10.0 Å². The first-order chi connectivity index (χ1) is 10.8. The van der Waals surface area contributed by atoms with E-state index in [2.05, 4.69) is 15.2 Å². The van der Waals surface area contributed by atoms with E-state index in [-0.39, 0.29) is 22.6 Å². The zero-order valence-electron chi connectivity index (χ0n) is 13.3. The van der Waals surface area contributed by atoms with Crippen LogP contribution in [0.4, 0.5) is 0 Å². The first kappa shape index (κ1) is 17.6. The zero-order chi connectivity index (χ0) is 17.2. The number of sulfonamides is 1. The first-order valence-electron chi connectivity index (χ1n) is 7.03. The van der Waals surface area contributed by atoms with Gasteiger partial charge in [0.25, 0.3) is 5.91 Å². The zero-order valence-corrected chi connectivity index (χ0v) is 15.0. The van der Waals surface area contributed by atoms with E-state index in [1.165, 1.54) is 13.1 Å². The number of hydrogen-bond donors (Lipinski definition) is 2. The Morgan fingerprint density at radius 3 is 2.70 bits per heavy atom. The highest BCUT2D eigenvalue weighted by molar-refractivity contribution is 7.91. The number of aromatic nitrogens is 1. The second-order valence-corrected chi connectivity index (χ2v) is 8.55. The van der Waals surface area contributed by atoms with Crippen molar-refractivity contribution in [3.63, 3.8) is 0 Å². The van der Waals surface area contributed by atoms with Crippen LogP contribution in [0.15, 0.2) is 20.9 Å². The molecule has 2 aromatic heterocycles. The number of thiophene rings is 1. The van der Waals surface area contributed by atoms with E-state index in [4.69, 9.17) is 4.52 Å². The summed E-state index contributed by atoms with van der Waals surface area (Å²) in [4.78, 5) is 13.1. The van der Waals surface area contributed by atoms with Gasteiger partial charge in [-0.15, -0.1) is 11.3 Å². The van der Waals surface area contributed by atoms with Gasteiger partial charge in [0.15, 0.2) is 5.76 Å². The predicted molar refractivity (Wildman–Crippen MR) is 87.1 cm³/mol. The van der Waals surface area contributed by atoms with Crippen molar-refractivity contribution in [3.8, 4) is 0 Å². The third kappa shape index (κ3) is 3.80. The molecule has 0 unspecified atom stereocenters. The lowest BCUT2D eigenvalue weighted by molar-refractivity contribution is 0.0948. The van der Waals surface area contributed by atoms with Crippen LogP contribution in [0.2, 0.25) is 0 Å². The molecule has 0 spiro atoms. The molecule has 2 heterocycles. The van der Waals surface area contributed by atoms with Crippen LogP contribution in [-0.4, -0.2) is 26.5 Å². The largest absolute Gasteiger partial charge is 0.360 e. The van der Waals surface area contributed by atoms with Crippen molar-refractivity contribution in [2.45, 2.75) is 37.4 Å². The van der Waals surface area contributed by atoms with Crippen molar-refractivity contribution < 1.29 is 17.7 Å². The molecule has 2 rings (SSSR count). The lowest BCUT2D eigenvalue weighted by atomic mass is 10.0. The van der Waals surface area contributed by atoms with Crippen LogP contribution in [0.3, 0.4) is 0 Å². The lowest BCUT2D eigenvalue weighted by Crippen LogP contribution is -2.24. The van der Waals surface area contributed by atoms with Gasteiger partial charge in [-0.1, -0.05) is 19.0 Å². The third-order valence-electron chi connectivity index (χ3n) is 3.23. The van der Waals surface area contributed by atoms with Crippen molar-refractivity contribution in [1.82, 2.24) is 15.2 Å². The molecule has 0 fully saturated rings. The molecular formula is C14H19N3O4S2. The number of carbonyl (C=O) groups excluding carboxylic acids is 1. The molecule has 7 nitrogen and oxygen atoms in total. The Balaban J connectivity index is 2.10. The Morgan fingerprint density at radius 2 is 2.09 bits per heavy atom. The van der Waals surface area contributed by atoms with Crippen LogP contribution in [0, 0.1) is 6.92 Å². The standard InChI is InChI=1S/C14H19N3O4S2/c1-8(2)13-12(9(3)17-21-13)14(18)16-7-10-5-6-11(22-10)23(19,20)15-4/h5-6,8,15H,7H2,1-4H3,(H,16,18). The highest BCUT2D eigenvalue weighted by Gasteiger charge is 2.22. The van der Waals surface area contributed by atoms with Crippen LogP contribution in [-0.2, 0) is 16.6 Å². The monoisotopic (exact) mass is 357 g/mol. The molecule has 0 saturated carbocycles. The molecule has 0 atom stereocenters. The van der Waals surface area contributed by atoms with Crippen molar-refractivity contribution in [2.24, 2.45) is 0 Å². The van der Waals surface area contributed by atoms with E-state index >= 15 is 0 Å². The lowest BCUT2D eigenvalue weighted by Gasteiger charge is -2.06. The SMILES string of the molecule is CNS(=O)(=O)c1ccc(CNC(=O)c2c(C)noc2C(C)C)s1. The fourth-order valence-electron chi connectivity index (χ4n) is 2.01. The minimum Gasteiger partial charge on any atom is -0.360 e. The van der Waals surface area contributed by atoms with Gasteiger partial charge in [-0.2, -0.15) is 0 Å². The summed E-state index contributed by atoms with van der Waals surface area (Å²) < 4.78 is 31.1. The number of nitrogens with zero attached hydrogens (tertiary/aromatic N) is 1. The van der Waals surface area contributed by atoms with Gasteiger partial charge < -0.3 is 9.84 Å². The molecule has 0 aromatic carbocycles. The topological polar surface area (TPSA) is 101 Å². The summed E-state index contributed by atoms with van der Waals surface area (Å²) in [7, 11) is -2.09. The highest BCUT2D eigenvalue weighted by atomic mass is 32.2. The average molecular weight is 357 g/mol. The van der Waals surface area contributed by atoms with Crippen LogP contribution in [0.25, 0.3) is 0 Å². The molecule has 0 aliphatic heterocycles. The van der Waals surface area contributed by atoms with Crippen LogP contribution in [0.1, 0.15) is 46.5 Å². The second-order valence-electron chi connectivity index (χ2n) is 5.27. The van der Waals surface area contributed by atoms with Gasteiger partial charge in [0.05, 0.1) is 12.2 Å². The number of carbonyl (C=O) groups is 1. The molecule has 0 saturated heterocycles. The molecule has 23 heavy (non-hydrogen) atoms. The molecule has 0 bridgehead atoms. The maximum absolute atomic E-state index is 12.3. The Bertz CT molecular complexity index is 806. The molecule has 2 aromatic rings. The molecule has 0 aliphatic carbocycles. The van der Waals surface area contributed by atoms with Gasteiger partial charge in [-0.05, 0) is 26.1 Å². The van der Waals surface area contributed by atoms with Crippen molar-refractivity contribution in [3.05, 3.63) is 34.0 Å². The van der Waals surface area contributed by atoms with Gasteiger partial charge in [-0.3, -0.25) is 4.79 Å². The van der Waals surface area contributed by atoms with E-state index in [1.54, 1.807) is 13.0 Å². The Kier molecular flexibility index (Phi) is 5.23. The van der Waals surface area contributed by atoms with Crippen LogP contribution >= 0.6 is 11.3 Å². The Labute approximate surface area is 139 Å². The fraction of sp³-hybridized carbons (Fsp3) is 0.429. The van der Waals surface area contributed by atoms with Crippen molar-refractivity contribution >= 4 is 27.3 Å². The third-order valence-corrected chi connectivity index (χ3v) is 6.23. The molecule has 126 valence electrons. The number of amides is 1. The van der Waals surface area contributed by atoms with E-state index in [0.717, 1.165) is 16.2 Å². The number of rotatable bonds is 6. The van der Waals surface area contributed by atoms with E-state index in [1.807, 2.05) is 13.8 Å². The van der Waals surface area contributed by atoms with E-state index < -0.39 is 10.0 Å². The molecule has 0 aliphatic rings. The van der Waals surface area contributed by atoms with Gasteiger partial charge >= 0.3 is 0 Å². The summed E-state index contributed by atoms with van der Waals surface area (Å²) in [5.41, 5.74) is 0.982. The first-order valence-corrected chi connectivity index (χ1v) is 9.33. The minimum absolute atomic E-state index is 0.0473. The highest BCUT2D eigenvalue weighted by Crippen LogP contribution is 2.23. The summed E-state index contributed by atoms with van der Waals surface area (Å²) in [6.45, 7) is 5.80. The maximum atomic E-state index is 12.3. The summed E-state index contributed by atoms with van der Waals surface area (Å²) in [5, 5.41) is 6.62. The minimum atomic E-state index is -3.45. The number of hydrogen-bond acceptors (Lipinski definition) is 6.